The van der Waals surface area contributed by atoms with Crippen LogP contribution in [0.15, 0.2) is 18.2 Å². The van der Waals surface area contributed by atoms with E-state index in [-0.39, 0.29) is 0 Å². The molecule has 0 spiro atoms. The second kappa shape index (κ2) is 5.57. The molecular weight excluding hydrogens is 214 g/mol. The lowest BCUT2D eigenvalue weighted by atomic mass is 9.98. The van der Waals surface area contributed by atoms with Gasteiger partial charge in [0.15, 0.2) is 0 Å². The van der Waals surface area contributed by atoms with E-state index in [2.05, 4.69) is 26.1 Å². The fourth-order valence-electron chi connectivity index (χ4n) is 1.47. The van der Waals surface area contributed by atoms with E-state index in [9.17, 15) is 4.79 Å². The summed E-state index contributed by atoms with van der Waals surface area (Å²) < 4.78 is 0. The van der Waals surface area contributed by atoms with Gasteiger partial charge >= 0.3 is 0 Å². The Hall–Kier alpha value is -1.71. The van der Waals surface area contributed by atoms with Crippen molar-refractivity contribution in [3.63, 3.8) is 0 Å². The smallest absolute Gasteiger partial charge is 0.250 e. The van der Waals surface area contributed by atoms with Gasteiger partial charge < -0.3 is 16.8 Å². The Morgan fingerprint density at radius 2 is 2.00 bits per heavy atom. The van der Waals surface area contributed by atoms with Crippen molar-refractivity contribution in [2.75, 3.05) is 17.6 Å². The monoisotopic (exact) mass is 235 g/mol. The van der Waals surface area contributed by atoms with Gasteiger partial charge in [-0.3, -0.25) is 4.79 Å². The van der Waals surface area contributed by atoms with Gasteiger partial charge in [0, 0.05) is 6.54 Å². The number of nitrogens with two attached hydrogens (primary N) is 2. The Morgan fingerprint density at radius 1 is 1.35 bits per heavy atom. The van der Waals surface area contributed by atoms with E-state index < -0.39 is 5.91 Å². The van der Waals surface area contributed by atoms with Gasteiger partial charge in [-0.1, -0.05) is 26.8 Å². The third kappa shape index (κ3) is 3.37. The molecule has 0 fully saturated rings. The van der Waals surface area contributed by atoms with Crippen molar-refractivity contribution in [1.82, 2.24) is 0 Å². The van der Waals surface area contributed by atoms with Crippen LogP contribution in [0.1, 0.15) is 31.1 Å². The van der Waals surface area contributed by atoms with Crippen molar-refractivity contribution < 1.29 is 4.79 Å². The SMILES string of the molecule is CC(C)C(C)CNc1c(N)cccc1C(N)=O. The van der Waals surface area contributed by atoms with Crippen LogP contribution in [-0.2, 0) is 0 Å². The molecule has 1 aromatic carbocycles. The van der Waals surface area contributed by atoms with Crippen LogP contribution in [0, 0.1) is 11.8 Å². The van der Waals surface area contributed by atoms with Crippen LogP contribution in [-0.4, -0.2) is 12.5 Å². The van der Waals surface area contributed by atoms with Gasteiger partial charge in [-0.25, -0.2) is 0 Å². The third-order valence-corrected chi connectivity index (χ3v) is 3.10. The van der Waals surface area contributed by atoms with Gasteiger partial charge in [-0.05, 0) is 24.0 Å². The first kappa shape index (κ1) is 13.4. The van der Waals surface area contributed by atoms with Crippen LogP contribution in [0.5, 0.6) is 0 Å². The zero-order chi connectivity index (χ0) is 13.0. The minimum atomic E-state index is -0.461. The summed E-state index contributed by atoms with van der Waals surface area (Å²) in [5.41, 5.74) is 12.8. The van der Waals surface area contributed by atoms with E-state index >= 15 is 0 Å². The van der Waals surface area contributed by atoms with E-state index in [1.165, 1.54) is 0 Å². The standard InChI is InChI=1S/C13H21N3O/c1-8(2)9(3)7-16-12-10(13(15)17)5-4-6-11(12)14/h4-6,8-9,16H,7,14H2,1-3H3,(H2,15,17). The van der Waals surface area contributed by atoms with Crippen LogP contribution in [0.25, 0.3) is 0 Å². The zero-order valence-corrected chi connectivity index (χ0v) is 10.7. The number of para-hydroxylation sites is 1. The first-order valence-corrected chi connectivity index (χ1v) is 5.85. The highest BCUT2D eigenvalue weighted by molar-refractivity contribution is 6.01. The summed E-state index contributed by atoms with van der Waals surface area (Å²) in [6.45, 7) is 7.25. The van der Waals surface area contributed by atoms with Crippen molar-refractivity contribution in [2.24, 2.45) is 17.6 Å². The quantitative estimate of drug-likeness (QED) is 0.683. The van der Waals surface area contributed by atoms with Crippen LogP contribution in [0.4, 0.5) is 11.4 Å². The molecule has 0 saturated heterocycles. The number of nitrogen functional groups attached to an aromatic ring is 1. The van der Waals surface area contributed by atoms with E-state index in [1.54, 1.807) is 18.2 Å². The molecule has 0 radical (unpaired) electrons. The van der Waals surface area contributed by atoms with Crippen LogP contribution in [0.3, 0.4) is 0 Å². The molecule has 0 aromatic heterocycles. The summed E-state index contributed by atoms with van der Waals surface area (Å²) in [4.78, 5) is 11.3. The number of primary amides is 1. The highest BCUT2D eigenvalue weighted by atomic mass is 16.1. The Labute approximate surface area is 102 Å². The highest BCUT2D eigenvalue weighted by Gasteiger charge is 2.13. The molecule has 0 saturated carbocycles. The molecule has 0 aliphatic carbocycles. The van der Waals surface area contributed by atoms with Gasteiger partial charge in [-0.2, -0.15) is 0 Å². The molecule has 94 valence electrons. The summed E-state index contributed by atoms with van der Waals surface area (Å²) in [5, 5.41) is 3.22. The molecule has 1 unspecified atom stereocenters. The lowest BCUT2D eigenvalue weighted by Gasteiger charge is -2.19. The second-order valence-electron chi connectivity index (χ2n) is 4.74. The molecule has 4 heteroatoms. The summed E-state index contributed by atoms with van der Waals surface area (Å²) >= 11 is 0. The average molecular weight is 235 g/mol. The van der Waals surface area contributed by atoms with Crippen LogP contribution in [0.2, 0.25) is 0 Å². The van der Waals surface area contributed by atoms with Gasteiger partial charge in [0.05, 0.1) is 16.9 Å². The van der Waals surface area contributed by atoms with Crippen molar-refractivity contribution >= 4 is 17.3 Å². The molecule has 0 aliphatic heterocycles. The van der Waals surface area contributed by atoms with Crippen molar-refractivity contribution in [2.45, 2.75) is 20.8 Å². The van der Waals surface area contributed by atoms with Crippen LogP contribution < -0.4 is 16.8 Å². The average Bonchev–Trinajstić information content (AvgIpc) is 2.26. The van der Waals surface area contributed by atoms with Gasteiger partial charge in [0.25, 0.3) is 5.91 Å². The summed E-state index contributed by atoms with van der Waals surface area (Å²) in [5.74, 6) is 0.608. The van der Waals surface area contributed by atoms with Gasteiger partial charge in [0.2, 0.25) is 0 Å². The van der Waals surface area contributed by atoms with Crippen LogP contribution >= 0.6 is 0 Å². The lowest BCUT2D eigenvalue weighted by molar-refractivity contribution is 0.100. The largest absolute Gasteiger partial charge is 0.397 e. The summed E-state index contributed by atoms with van der Waals surface area (Å²) in [7, 11) is 0. The first-order valence-electron chi connectivity index (χ1n) is 5.85. The topological polar surface area (TPSA) is 81.1 Å². The number of carbonyl (C=O) groups is 1. The zero-order valence-electron chi connectivity index (χ0n) is 10.7. The maximum atomic E-state index is 11.3. The number of benzene rings is 1. The first-order chi connectivity index (χ1) is 7.93. The number of rotatable bonds is 5. The Balaban J connectivity index is 2.86. The Kier molecular flexibility index (Phi) is 4.37. The van der Waals surface area contributed by atoms with Crippen molar-refractivity contribution in [3.05, 3.63) is 23.8 Å². The van der Waals surface area contributed by atoms with Gasteiger partial charge in [-0.15, -0.1) is 0 Å². The fourth-order valence-corrected chi connectivity index (χ4v) is 1.47. The van der Waals surface area contributed by atoms with Crippen molar-refractivity contribution in [3.8, 4) is 0 Å². The minimum absolute atomic E-state index is 0.445. The molecular formula is C13H21N3O. The number of amides is 1. The molecule has 1 atom stereocenters. The molecule has 1 aromatic rings. The fraction of sp³-hybridized carbons (Fsp3) is 0.462. The Bertz CT molecular complexity index is 402. The number of hydrogen-bond donors (Lipinski definition) is 3. The van der Waals surface area contributed by atoms with E-state index in [0.29, 0.717) is 28.8 Å². The molecule has 0 bridgehead atoms. The molecule has 4 nitrogen and oxygen atoms in total. The molecule has 0 heterocycles. The summed E-state index contributed by atoms with van der Waals surface area (Å²) in [6.07, 6.45) is 0. The molecule has 17 heavy (non-hydrogen) atoms. The molecule has 1 amide bonds. The lowest BCUT2D eigenvalue weighted by Crippen LogP contribution is -2.20. The molecule has 5 N–H and O–H groups in total. The second-order valence-corrected chi connectivity index (χ2v) is 4.74. The number of hydrogen-bond acceptors (Lipinski definition) is 3. The predicted molar refractivity (Wildman–Crippen MR) is 71.9 cm³/mol. The van der Waals surface area contributed by atoms with E-state index in [0.717, 1.165) is 6.54 Å². The molecule has 0 aliphatic rings. The van der Waals surface area contributed by atoms with E-state index in [4.69, 9.17) is 11.5 Å². The third-order valence-electron chi connectivity index (χ3n) is 3.10. The number of anilines is 2. The summed E-state index contributed by atoms with van der Waals surface area (Å²) in [6, 6.07) is 5.17. The van der Waals surface area contributed by atoms with Crippen molar-refractivity contribution in [1.29, 1.82) is 0 Å². The molecule has 1 rings (SSSR count). The van der Waals surface area contributed by atoms with Gasteiger partial charge in [0.1, 0.15) is 0 Å². The maximum Gasteiger partial charge on any atom is 0.250 e. The minimum Gasteiger partial charge on any atom is -0.397 e. The maximum absolute atomic E-state index is 11.3. The normalized spacial score (nSPS) is 12.5. The predicted octanol–water partition coefficient (Wildman–Crippen LogP) is 2.07. The highest BCUT2D eigenvalue weighted by Crippen LogP contribution is 2.24. The number of nitrogens with one attached hydrogen (secondary N) is 1. The Morgan fingerprint density at radius 3 is 2.53 bits per heavy atom. The number of carbonyl (C=O) groups excluding carboxylic acids is 1. The van der Waals surface area contributed by atoms with E-state index in [1.807, 2.05) is 0 Å².